The molecule has 0 bridgehead atoms. The van der Waals surface area contributed by atoms with Crippen molar-refractivity contribution in [1.82, 2.24) is 0 Å². The van der Waals surface area contributed by atoms with Gasteiger partial charge >= 0.3 is 23.9 Å². The van der Waals surface area contributed by atoms with Crippen molar-refractivity contribution >= 4 is 23.9 Å². The molecular weight excluding hydrogens is 973 g/mol. The molecule has 438 valence electrons. The highest BCUT2D eigenvalue weighted by Crippen LogP contribution is 2.26. The minimum atomic E-state index is -1.94. The molecule has 6 atom stereocenters. The summed E-state index contributed by atoms with van der Waals surface area (Å²) in [6.45, 7) is 5.70. The van der Waals surface area contributed by atoms with Crippen molar-refractivity contribution in [2.45, 2.75) is 276 Å². The van der Waals surface area contributed by atoms with E-state index in [4.69, 9.17) is 23.7 Å². The Morgan fingerprint density at radius 3 is 1.30 bits per heavy atom. The Kier molecular flexibility index (Phi) is 48.0. The highest BCUT2D eigenvalue weighted by Gasteiger charge is 2.50. The lowest BCUT2D eigenvalue weighted by Crippen LogP contribution is -2.61. The Balaban J connectivity index is 2.72. The van der Waals surface area contributed by atoms with Crippen LogP contribution in [0, 0.1) is 0 Å². The van der Waals surface area contributed by atoms with Gasteiger partial charge in [-0.25, -0.2) is 4.79 Å². The standard InChI is InChI=1S/C65H106O12/c1-4-7-10-13-16-19-22-25-27-28-29-30-32-34-36-39-42-45-48-51-57(66)73-54-56(75-58(67)52-49-46-43-40-38-35-31-26-23-20-17-14-11-8-5-2)55-74-65-63(61(70)60(69)62(77-65)64(71)72)76-59(68)53-50-47-44-41-37-33-24-21-18-15-12-9-6-3/h8-9,11-12,17-18,20-21,26,31,33,37-38,40,44,47,56,60-63,65,69-70H,4-7,10,13-16,19,22-25,27-30,32,34-36,39,41-43,45-46,48-55H2,1-3H3,(H,71,72)/b11-8-,12-9-,20-17-,21-18-,31-26-,37-33-,40-38-,47-44-. The minimum Gasteiger partial charge on any atom is -0.479 e. The van der Waals surface area contributed by atoms with Crippen LogP contribution in [0.2, 0.25) is 0 Å². The highest BCUT2D eigenvalue weighted by molar-refractivity contribution is 5.74. The average molecular weight is 1080 g/mol. The first-order chi connectivity index (χ1) is 37.6. The molecule has 0 aromatic heterocycles. The number of carboxylic acids is 1. The average Bonchev–Trinajstić information content (AvgIpc) is 3.41. The number of hydrogen-bond donors (Lipinski definition) is 3. The molecule has 0 aliphatic carbocycles. The largest absolute Gasteiger partial charge is 0.479 e. The first kappa shape index (κ1) is 70.7. The molecule has 12 nitrogen and oxygen atoms in total. The van der Waals surface area contributed by atoms with Gasteiger partial charge < -0.3 is 39.0 Å². The monoisotopic (exact) mass is 1080 g/mol. The number of unbranched alkanes of at least 4 members (excludes halogenated alkanes) is 20. The van der Waals surface area contributed by atoms with Crippen molar-refractivity contribution < 1.29 is 58.2 Å². The van der Waals surface area contributed by atoms with E-state index in [9.17, 15) is 34.5 Å². The highest BCUT2D eigenvalue weighted by atomic mass is 16.7. The molecule has 1 aliphatic rings. The van der Waals surface area contributed by atoms with Gasteiger partial charge in [0.15, 0.2) is 24.6 Å². The second-order valence-electron chi connectivity index (χ2n) is 20.2. The Morgan fingerprint density at radius 1 is 0.442 bits per heavy atom. The number of ether oxygens (including phenoxy) is 5. The molecular formula is C65H106O12. The summed E-state index contributed by atoms with van der Waals surface area (Å²) in [5.41, 5.74) is 0. The zero-order valence-electron chi connectivity index (χ0n) is 48.2. The van der Waals surface area contributed by atoms with Gasteiger partial charge in [-0.2, -0.15) is 0 Å². The fourth-order valence-electron chi connectivity index (χ4n) is 8.61. The number of allylic oxidation sites excluding steroid dienone is 16. The van der Waals surface area contributed by atoms with Crippen molar-refractivity contribution in [3.05, 3.63) is 97.2 Å². The molecule has 1 saturated heterocycles. The summed E-state index contributed by atoms with van der Waals surface area (Å²) in [7, 11) is 0. The van der Waals surface area contributed by atoms with E-state index in [0.29, 0.717) is 25.7 Å². The molecule has 0 radical (unpaired) electrons. The Morgan fingerprint density at radius 2 is 0.844 bits per heavy atom. The lowest BCUT2D eigenvalue weighted by Gasteiger charge is -2.40. The van der Waals surface area contributed by atoms with Gasteiger partial charge in [-0.1, -0.05) is 234 Å². The lowest BCUT2D eigenvalue weighted by molar-refractivity contribution is -0.301. The summed E-state index contributed by atoms with van der Waals surface area (Å²) in [5, 5.41) is 31.4. The Hall–Kier alpha value is -4.36. The molecule has 1 heterocycles. The van der Waals surface area contributed by atoms with E-state index in [-0.39, 0.29) is 25.9 Å². The molecule has 1 fully saturated rings. The van der Waals surface area contributed by atoms with E-state index < -0.39 is 67.3 Å². The van der Waals surface area contributed by atoms with Gasteiger partial charge in [-0.3, -0.25) is 14.4 Å². The minimum absolute atomic E-state index is 0.0688. The summed E-state index contributed by atoms with van der Waals surface area (Å²) in [5.74, 6) is -3.28. The van der Waals surface area contributed by atoms with Crippen LogP contribution in [0.15, 0.2) is 97.2 Å². The van der Waals surface area contributed by atoms with Crippen LogP contribution in [0.1, 0.15) is 239 Å². The van der Waals surface area contributed by atoms with Gasteiger partial charge in [0.2, 0.25) is 0 Å². The van der Waals surface area contributed by atoms with Crippen LogP contribution in [-0.2, 0) is 42.9 Å². The number of aliphatic hydroxyl groups excluding tert-OH is 2. The fourth-order valence-corrected chi connectivity index (χ4v) is 8.61. The van der Waals surface area contributed by atoms with Crippen molar-refractivity contribution in [1.29, 1.82) is 0 Å². The van der Waals surface area contributed by atoms with Crippen molar-refractivity contribution in [2.75, 3.05) is 13.2 Å². The van der Waals surface area contributed by atoms with E-state index in [2.05, 4.69) is 99.8 Å². The third-order valence-corrected chi connectivity index (χ3v) is 13.2. The molecule has 6 unspecified atom stereocenters. The number of aliphatic hydroxyl groups is 2. The lowest BCUT2D eigenvalue weighted by atomic mass is 9.98. The van der Waals surface area contributed by atoms with E-state index in [0.717, 1.165) is 77.0 Å². The van der Waals surface area contributed by atoms with Crippen LogP contribution >= 0.6 is 0 Å². The number of aliphatic carboxylic acids is 1. The Labute approximate surface area is 466 Å². The van der Waals surface area contributed by atoms with Gasteiger partial charge in [0.1, 0.15) is 18.8 Å². The molecule has 3 N–H and O–H groups in total. The SMILES string of the molecule is CC/C=C\C/C=C\C/C=C\C/C=C\CCCCC(=O)OC(COC(=O)CCCCCCCCCCCCCCCCCCCCC)COC1OC(C(=O)O)C(O)C(O)C1OC(=O)CC/C=C\C/C=C\C/C=C\C/C=C\CC. The van der Waals surface area contributed by atoms with Crippen molar-refractivity contribution in [2.24, 2.45) is 0 Å². The summed E-state index contributed by atoms with van der Waals surface area (Å²) in [6, 6.07) is 0. The number of rotatable bonds is 50. The number of carboxylic acid groups (broad SMARTS) is 1. The van der Waals surface area contributed by atoms with E-state index in [1.807, 2.05) is 18.2 Å². The third-order valence-electron chi connectivity index (χ3n) is 13.2. The van der Waals surface area contributed by atoms with Gasteiger partial charge in [-0.05, 0) is 83.5 Å². The topological polar surface area (TPSA) is 175 Å². The van der Waals surface area contributed by atoms with Crippen LogP contribution in [0.3, 0.4) is 0 Å². The number of hydrogen-bond acceptors (Lipinski definition) is 11. The van der Waals surface area contributed by atoms with Crippen LogP contribution in [0.4, 0.5) is 0 Å². The van der Waals surface area contributed by atoms with Crippen LogP contribution in [0.5, 0.6) is 0 Å². The quantitative estimate of drug-likeness (QED) is 0.0228. The van der Waals surface area contributed by atoms with Gasteiger partial charge in [-0.15, -0.1) is 0 Å². The maximum Gasteiger partial charge on any atom is 0.335 e. The van der Waals surface area contributed by atoms with E-state index in [1.54, 1.807) is 0 Å². The van der Waals surface area contributed by atoms with Crippen molar-refractivity contribution in [3.8, 4) is 0 Å². The second-order valence-corrected chi connectivity index (χ2v) is 20.2. The van der Waals surface area contributed by atoms with Gasteiger partial charge in [0, 0.05) is 19.3 Å². The molecule has 12 heteroatoms. The number of esters is 3. The van der Waals surface area contributed by atoms with Crippen LogP contribution in [-0.4, -0.2) is 89.2 Å². The van der Waals surface area contributed by atoms with E-state index in [1.165, 1.54) is 96.3 Å². The zero-order valence-corrected chi connectivity index (χ0v) is 48.2. The van der Waals surface area contributed by atoms with Crippen LogP contribution < -0.4 is 0 Å². The molecule has 1 rings (SSSR count). The summed E-state index contributed by atoms with van der Waals surface area (Å²) >= 11 is 0. The zero-order chi connectivity index (χ0) is 56.1. The molecule has 1 aliphatic heterocycles. The normalized spacial score (nSPS) is 18.7. The van der Waals surface area contributed by atoms with Crippen molar-refractivity contribution in [3.63, 3.8) is 0 Å². The first-order valence-electron chi connectivity index (χ1n) is 30.2. The van der Waals surface area contributed by atoms with Gasteiger partial charge in [0.25, 0.3) is 0 Å². The maximum absolute atomic E-state index is 13.1. The Bertz CT molecular complexity index is 1710. The summed E-state index contributed by atoms with van der Waals surface area (Å²) < 4.78 is 28.3. The fraction of sp³-hybridized carbons (Fsp3) is 0.692. The third kappa shape index (κ3) is 42.3. The molecule has 0 spiro atoms. The van der Waals surface area contributed by atoms with E-state index >= 15 is 0 Å². The number of carbonyl (C=O) groups is 4. The number of carbonyl (C=O) groups excluding carboxylic acids is 3. The second kappa shape index (κ2) is 52.3. The predicted octanol–water partition coefficient (Wildman–Crippen LogP) is 15.7. The molecule has 0 saturated carbocycles. The molecule has 0 aromatic rings. The molecule has 0 amide bonds. The van der Waals surface area contributed by atoms with Gasteiger partial charge in [0.05, 0.1) is 6.61 Å². The van der Waals surface area contributed by atoms with Crippen LogP contribution in [0.25, 0.3) is 0 Å². The summed E-state index contributed by atoms with van der Waals surface area (Å²) in [6.07, 6.45) is 56.9. The first-order valence-corrected chi connectivity index (χ1v) is 30.2. The summed E-state index contributed by atoms with van der Waals surface area (Å²) in [4.78, 5) is 51.1. The maximum atomic E-state index is 13.1. The predicted molar refractivity (Wildman–Crippen MR) is 312 cm³/mol. The molecule has 77 heavy (non-hydrogen) atoms. The molecule has 0 aromatic carbocycles. The smallest absolute Gasteiger partial charge is 0.335 e.